The largest absolute Gasteiger partial charge is 0.481 e. The monoisotopic (exact) mass is 256 g/mol. The number of rotatable bonds is 4. The van der Waals surface area contributed by atoms with Crippen molar-refractivity contribution in [2.45, 2.75) is 52.6 Å². The summed E-state index contributed by atoms with van der Waals surface area (Å²) >= 11 is 0. The Morgan fingerprint density at radius 2 is 2.00 bits per heavy atom. The predicted molar refractivity (Wildman–Crippen MR) is 69.4 cm³/mol. The van der Waals surface area contributed by atoms with Gasteiger partial charge in [-0.05, 0) is 33.1 Å². The van der Waals surface area contributed by atoms with Gasteiger partial charge in [0.25, 0.3) is 0 Å². The molecule has 1 aliphatic heterocycles. The SMILES string of the molecule is CC1CC(C)N(C(=O)N(CCC(=O)O)C(C)C)C1. The predicted octanol–water partition coefficient (Wildman–Crippen LogP) is 2.02. The van der Waals surface area contributed by atoms with E-state index in [1.54, 1.807) is 4.90 Å². The van der Waals surface area contributed by atoms with E-state index < -0.39 is 5.97 Å². The summed E-state index contributed by atoms with van der Waals surface area (Å²) < 4.78 is 0. The lowest BCUT2D eigenvalue weighted by Crippen LogP contribution is -2.48. The van der Waals surface area contributed by atoms with Crippen LogP contribution in [0.2, 0.25) is 0 Å². The van der Waals surface area contributed by atoms with Crippen molar-refractivity contribution in [1.29, 1.82) is 0 Å². The van der Waals surface area contributed by atoms with E-state index in [-0.39, 0.29) is 31.1 Å². The van der Waals surface area contributed by atoms with Crippen LogP contribution in [0.4, 0.5) is 4.79 Å². The zero-order valence-corrected chi connectivity index (χ0v) is 11.7. The molecule has 0 aromatic carbocycles. The van der Waals surface area contributed by atoms with Crippen molar-refractivity contribution < 1.29 is 14.7 Å². The summed E-state index contributed by atoms with van der Waals surface area (Å²) in [4.78, 5) is 26.6. The van der Waals surface area contributed by atoms with Gasteiger partial charge in [0.1, 0.15) is 0 Å². The molecule has 18 heavy (non-hydrogen) atoms. The van der Waals surface area contributed by atoms with E-state index in [0.717, 1.165) is 13.0 Å². The Morgan fingerprint density at radius 1 is 1.39 bits per heavy atom. The van der Waals surface area contributed by atoms with Crippen molar-refractivity contribution >= 4 is 12.0 Å². The average Bonchev–Trinajstić information content (AvgIpc) is 2.56. The third-order valence-corrected chi connectivity index (χ3v) is 3.47. The van der Waals surface area contributed by atoms with E-state index >= 15 is 0 Å². The van der Waals surface area contributed by atoms with Gasteiger partial charge in [0.05, 0.1) is 6.42 Å². The fourth-order valence-electron chi connectivity index (χ4n) is 2.52. The molecule has 2 unspecified atom stereocenters. The van der Waals surface area contributed by atoms with Gasteiger partial charge in [0, 0.05) is 25.2 Å². The zero-order valence-electron chi connectivity index (χ0n) is 11.7. The molecule has 1 saturated heterocycles. The molecule has 0 spiro atoms. The molecule has 1 rings (SSSR count). The van der Waals surface area contributed by atoms with Crippen molar-refractivity contribution in [1.82, 2.24) is 9.80 Å². The van der Waals surface area contributed by atoms with Crippen LogP contribution in [0.25, 0.3) is 0 Å². The van der Waals surface area contributed by atoms with Crippen LogP contribution in [0.3, 0.4) is 0 Å². The first-order valence-corrected chi connectivity index (χ1v) is 6.62. The summed E-state index contributed by atoms with van der Waals surface area (Å²) in [7, 11) is 0. The Morgan fingerprint density at radius 3 is 2.39 bits per heavy atom. The molecule has 1 heterocycles. The number of urea groups is 1. The van der Waals surface area contributed by atoms with E-state index in [4.69, 9.17) is 5.11 Å². The van der Waals surface area contributed by atoms with Gasteiger partial charge in [-0.1, -0.05) is 6.92 Å². The van der Waals surface area contributed by atoms with Crippen molar-refractivity contribution in [3.05, 3.63) is 0 Å². The van der Waals surface area contributed by atoms with Crippen LogP contribution >= 0.6 is 0 Å². The number of likely N-dealkylation sites (tertiary alicyclic amines) is 1. The first kappa shape index (κ1) is 14.8. The van der Waals surface area contributed by atoms with Gasteiger partial charge in [-0.3, -0.25) is 4.79 Å². The van der Waals surface area contributed by atoms with Gasteiger partial charge in [-0.25, -0.2) is 4.79 Å². The molecule has 2 amide bonds. The normalized spacial score (nSPS) is 23.5. The number of carboxylic acids is 1. The summed E-state index contributed by atoms with van der Waals surface area (Å²) in [5.41, 5.74) is 0. The highest BCUT2D eigenvalue weighted by atomic mass is 16.4. The molecule has 0 aromatic heterocycles. The molecule has 1 fully saturated rings. The molecule has 0 radical (unpaired) electrons. The Kier molecular flexibility index (Phi) is 4.99. The highest BCUT2D eigenvalue weighted by Crippen LogP contribution is 2.24. The van der Waals surface area contributed by atoms with Gasteiger partial charge in [0.2, 0.25) is 0 Å². The van der Waals surface area contributed by atoms with Crippen LogP contribution < -0.4 is 0 Å². The van der Waals surface area contributed by atoms with Gasteiger partial charge >= 0.3 is 12.0 Å². The standard InChI is InChI=1S/C13H24N2O3/c1-9(2)14(6-5-12(16)17)13(18)15-8-10(3)7-11(15)4/h9-11H,5-8H2,1-4H3,(H,16,17). The first-order chi connectivity index (χ1) is 8.32. The van der Waals surface area contributed by atoms with Gasteiger partial charge < -0.3 is 14.9 Å². The molecule has 5 nitrogen and oxygen atoms in total. The smallest absolute Gasteiger partial charge is 0.320 e. The second-order valence-corrected chi connectivity index (χ2v) is 5.56. The average molecular weight is 256 g/mol. The number of aliphatic carboxylic acids is 1. The lowest BCUT2D eigenvalue weighted by atomic mass is 10.1. The Hall–Kier alpha value is -1.26. The number of carbonyl (C=O) groups excluding carboxylic acids is 1. The summed E-state index contributed by atoms with van der Waals surface area (Å²) in [6, 6.07) is 0.252. The summed E-state index contributed by atoms with van der Waals surface area (Å²) in [5.74, 6) is -0.339. The maximum atomic E-state index is 12.4. The molecular formula is C13H24N2O3. The van der Waals surface area contributed by atoms with Gasteiger partial charge in [-0.15, -0.1) is 0 Å². The van der Waals surface area contributed by atoms with Crippen LogP contribution in [-0.4, -0.2) is 52.1 Å². The van der Waals surface area contributed by atoms with Crippen LogP contribution in [0.5, 0.6) is 0 Å². The minimum Gasteiger partial charge on any atom is -0.481 e. The molecule has 1 N–H and O–H groups in total. The van der Waals surface area contributed by atoms with Crippen LogP contribution in [-0.2, 0) is 4.79 Å². The molecule has 0 bridgehead atoms. The Balaban J connectivity index is 2.67. The molecule has 0 saturated carbocycles. The van der Waals surface area contributed by atoms with E-state index in [9.17, 15) is 9.59 Å². The van der Waals surface area contributed by atoms with Crippen LogP contribution in [0.15, 0.2) is 0 Å². The van der Waals surface area contributed by atoms with E-state index in [1.807, 2.05) is 18.7 Å². The van der Waals surface area contributed by atoms with E-state index in [1.165, 1.54) is 0 Å². The second-order valence-electron chi connectivity index (χ2n) is 5.56. The molecule has 0 aliphatic carbocycles. The topological polar surface area (TPSA) is 60.9 Å². The van der Waals surface area contributed by atoms with Crippen LogP contribution in [0.1, 0.15) is 40.5 Å². The highest BCUT2D eigenvalue weighted by Gasteiger charge is 2.33. The number of hydrogen-bond acceptors (Lipinski definition) is 2. The van der Waals surface area contributed by atoms with Crippen molar-refractivity contribution in [3.63, 3.8) is 0 Å². The molecule has 5 heteroatoms. The molecule has 104 valence electrons. The van der Waals surface area contributed by atoms with Gasteiger partial charge in [-0.2, -0.15) is 0 Å². The first-order valence-electron chi connectivity index (χ1n) is 6.62. The fraction of sp³-hybridized carbons (Fsp3) is 0.846. The van der Waals surface area contributed by atoms with Crippen LogP contribution in [0, 0.1) is 5.92 Å². The molecule has 2 atom stereocenters. The zero-order chi connectivity index (χ0) is 13.9. The highest BCUT2D eigenvalue weighted by molar-refractivity contribution is 5.76. The Labute approximate surface area is 109 Å². The number of carboxylic acid groups (broad SMARTS) is 1. The minimum atomic E-state index is -0.865. The third kappa shape index (κ3) is 3.62. The quantitative estimate of drug-likeness (QED) is 0.837. The number of nitrogens with zero attached hydrogens (tertiary/aromatic N) is 2. The lowest BCUT2D eigenvalue weighted by molar-refractivity contribution is -0.137. The maximum absolute atomic E-state index is 12.4. The lowest BCUT2D eigenvalue weighted by Gasteiger charge is -2.33. The molecule has 1 aliphatic rings. The molecule has 0 aromatic rings. The minimum absolute atomic E-state index is 0.00168. The van der Waals surface area contributed by atoms with Crippen molar-refractivity contribution in [3.8, 4) is 0 Å². The molecular weight excluding hydrogens is 232 g/mol. The van der Waals surface area contributed by atoms with Crippen molar-refractivity contribution in [2.75, 3.05) is 13.1 Å². The summed E-state index contributed by atoms with van der Waals surface area (Å²) in [6.07, 6.45) is 1.03. The van der Waals surface area contributed by atoms with E-state index in [2.05, 4.69) is 13.8 Å². The van der Waals surface area contributed by atoms with Crippen molar-refractivity contribution in [2.24, 2.45) is 5.92 Å². The number of carbonyl (C=O) groups is 2. The fourth-order valence-corrected chi connectivity index (χ4v) is 2.52. The number of amides is 2. The number of hydrogen-bond donors (Lipinski definition) is 1. The Bertz CT molecular complexity index is 317. The second kappa shape index (κ2) is 6.07. The maximum Gasteiger partial charge on any atom is 0.320 e. The summed E-state index contributed by atoms with van der Waals surface area (Å²) in [6.45, 7) is 9.09. The summed E-state index contributed by atoms with van der Waals surface area (Å²) in [5, 5.41) is 8.73. The van der Waals surface area contributed by atoms with E-state index in [0.29, 0.717) is 5.92 Å². The van der Waals surface area contributed by atoms with Gasteiger partial charge in [0.15, 0.2) is 0 Å². The third-order valence-electron chi connectivity index (χ3n) is 3.47.